The summed E-state index contributed by atoms with van der Waals surface area (Å²) in [6.45, 7) is 0.256. The van der Waals surface area contributed by atoms with Gasteiger partial charge in [0.2, 0.25) is 5.91 Å². The van der Waals surface area contributed by atoms with Crippen LogP contribution in [0.1, 0.15) is 17.9 Å². The minimum Gasteiger partial charge on any atom is -0.487 e. The van der Waals surface area contributed by atoms with Crippen LogP contribution < -0.4 is 10.1 Å². The normalized spacial score (nSPS) is 36.4. The topological polar surface area (TPSA) is 71.1 Å². The number of hydrogen-bond acceptors (Lipinski definition) is 4. The van der Waals surface area contributed by atoms with Gasteiger partial charge in [0.25, 0.3) is 0 Å². The number of para-hydroxylation sites is 1. The van der Waals surface area contributed by atoms with Crippen molar-refractivity contribution in [2.24, 2.45) is 5.92 Å². The summed E-state index contributed by atoms with van der Waals surface area (Å²) in [7, 11) is 0. The molecule has 1 saturated heterocycles. The SMILES string of the molecule is O=C(NCCO)[C@H]1C[C@@H]2O[C@@H]2[C@H]2Oc3ccccc3[C@H]21. The van der Waals surface area contributed by atoms with Crippen LogP contribution >= 0.6 is 0 Å². The quantitative estimate of drug-likeness (QED) is 0.785. The third-order valence-electron chi connectivity index (χ3n) is 4.51. The van der Waals surface area contributed by atoms with Crippen LogP contribution in [-0.4, -0.2) is 42.5 Å². The molecule has 3 aliphatic rings. The summed E-state index contributed by atoms with van der Waals surface area (Å²) in [6, 6.07) is 7.91. The maximum atomic E-state index is 12.3. The Morgan fingerprint density at radius 2 is 2.20 bits per heavy atom. The first-order chi connectivity index (χ1) is 9.79. The number of epoxide rings is 1. The van der Waals surface area contributed by atoms with Crippen LogP contribution in [0, 0.1) is 5.92 Å². The van der Waals surface area contributed by atoms with Gasteiger partial charge in [0.15, 0.2) is 0 Å². The second-order valence-corrected chi connectivity index (χ2v) is 5.64. The van der Waals surface area contributed by atoms with E-state index in [9.17, 15) is 4.79 Å². The summed E-state index contributed by atoms with van der Waals surface area (Å²) in [5, 5.41) is 11.6. The molecule has 2 aliphatic heterocycles. The summed E-state index contributed by atoms with van der Waals surface area (Å²) in [6.07, 6.45) is 0.974. The second-order valence-electron chi connectivity index (χ2n) is 5.64. The van der Waals surface area contributed by atoms with Crippen LogP contribution in [-0.2, 0) is 9.53 Å². The highest BCUT2D eigenvalue weighted by Gasteiger charge is 2.61. The van der Waals surface area contributed by atoms with Crippen LogP contribution in [0.5, 0.6) is 5.75 Å². The van der Waals surface area contributed by atoms with Gasteiger partial charge >= 0.3 is 0 Å². The average molecular weight is 275 g/mol. The van der Waals surface area contributed by atoms with Gasteiger partial charge in [0.05, 0.1) is 18.6 Å². The van der Waals surface area contributed by atoms with E-state index >= 15 is 0 Å². The lowest BCUT2D eigenvalue weighted by Gasteiger charge is -2.29. The van der Waals surface area contributed by atoms with Crippen molar-refractivity contribution >= 4 is 5.91 Å². The molecule has 20 heavy (non-hydrogen) atoms. The second kappa shape index (κ2) is 4.46. The summed E-state index contributed by atoms with van der Waals surface area (Å²) in [5.74, 6) is 0.787. The fourth-order valence-electron chi connectivity index (χ4n) is 3.59. The Bertz CT molecular complexity index is 546. The summed E-state index contributed by atoms with van der Waals surface area (Å²) >= 11 is 0. The molecule has 0 aromatic heterocycles. The summed E-state index contributed by atoms with van der Waals surface area (Å²) in [5.41, 5.74) is 1.11. The minimum absolute atomic E-state index is 0.0108. The first-order valence-electron chi connectivity index (χ1n) is 7.09. The van der Waals surface area contributed by atoms with Crippen molar-refractivity contribution in [3.63, 3.8) is 0 Å². The van der Waals surface area contributed by atoms with Crippen molar-refractivity contribution in [1.29, 1.82) is 0 Å². The molecular formula is C15H17NO4. The highest BCUT2D eigenvalue weighted by molar-refractivity contribution is 5.80. The molecule has 2 N–H and O–H groups in total. The largest absolute Gasteiger partial charge is 0.487 e. The van der Waals surface area contributed by atoms with Gasteiger partial charge in [-0.3, -0.25) is 4.79 Å². The van der Waals surface area contributed by atoms with Crippen LogP contribution in [0.25, 0.3) is 0 Å². The smallest absolute Gasteiger partial charge is 0.224 e. The number of carbonyl (C=O) groups excluding carboxylic acids is 1. The number of rotatable bonds is 3. The Kier molecular flexibility index (Phi) is 2.72. The Hall–Kier alpha value is -1.59. The van der Waals surface area contributed by atoms with Gasteiger partial charge in [-0.25, -0.2) is 0 Å². The summed E-state index contributed by atoms with van der Waals surface area (Å²) in [4.78, 5) is 12.3. The molecule has 5 atom stereocenters. The fourth-order valence-corrected chi connectivity index (χ4v) is 3.59. The van der Waals surface area contributed by atoms with E-state index < -0.39 is 0 Å². The zero-order chi connectivity index (χ0) is 13.7. The van der Waals surface area contributed by atoms with Gasteiger partial charge in [0, 0.05) is 18.0 Å². The van der Waals surface area contributed by atoms with Crippen LogP contribution in [0.2, 0.25) is 0 Å². The average Bonchev–Trinajstić information content (AvgIpc) is 3.16. The monoisotopic (exact) mass is 275 g/mol. The van der Waals surface area contributed by atoms with Crippen molar-refractivity contribution in [1.82, 2.24) is 5.32 Å². The van der Waals surface area contributed by atoms with E-state index in [1.165, 1.54) is 0 Å². The number of fused-ring (bicyclic) bond motifs is 5. The Morgan fingerprint density at radius 1 is 1.35 bits per heavy atom. The lowest BCUT2D eigenvalue weighted by Crippen LogP contribution is -2.44. The highest BCUT2D eigenvalue weighted by Crippen LogP contribution is 2.54. The van der Waals surface area contributed by atoms with Gasteiger partial charge in [-0.05, 0) is 12.5 Å². The van der Waals surface area contributed by atoms with E-state index in [1.54, 1.807) is 0 Å². The standard InChI is InChI=1S/C15H17NO4/c17-6-5-16-15(18)9-7-11-13(20-11)14-12(9)8-3-1-2-4-10(8)19-14/h1-4,9,11-14,17H,5-7H2,(H,16,18)/t9-,11-,12-,13-,14-/m0/s1. The molecule has 1 aliphatic carbocycles. The molecule has 0 spiro atoms. The molecule has 1 amide bonds. The first-order valence-corrected chi connectivity index (χ1v) is 7.09. The lowest BCUT2D eigenvalue weighted by atomic mass is 9.74. The number of nitrogens with one attached hydrogen (secondary N) is 1. The number of aliphatic hydroxyl groups excluding tert-OH is 1. The molecular weight excluding hydrogens is 258 g/mol. The third kappa shape index (κ3) is 1.73. The predicted molar refractivity (Wildman–Crippen MR) is 70.5 cm³/mol. The molecule has 0 unspecified atom stereocenters. The number of carbonyl (C=O) groups is 1. The van der Waals surface area contributed by atoms with E-state index in [2.05, 4.69) is 5.32 Å². The van der Waals surface area contributed by atoms with Gasteiger partial charge in [-0.2, -0.15) is 0 Å². The Balaban J connectivity index is 1.64. The molecule has 4 rings (SSSR count). The Labute approximate surface area is 116 Å². The van der Waals surface area contributed by atoms with Crippen molar-refractivity contribution in [3.05, 3.63) is 29.8 Å². The van der Waals surface area contributed by atoms with Crippen molar-refractivity contribution in [2.75, 3.05) is 13.2 Å². The fraction of sp³-hybridized carbons (Fsp3) is 0.533. The molecule has 2 heterocycles. The maximum absolute atomic E-state index is 12.3. The number of amides is 1. The van der Waals surface area contributed by atoms with Gasteiger partial charge in [0.1, 0.15) is 18.0 Å². The van der Waals surface area contributed by atoms with Crippen LogP contribution in [0.15, 0.2) is 24.3 Å². The van der Waals surface area contributed by atoms with E-state index in [4.69, 9.17) is 14.6 Å². The molecule has 1 aromatic rings. The molecule has 0 bridgehead atoms. The number of hydrogen-bond donors (Lipinski definition) is 2. The highest BCUT2D eigenvalue weighted by atomic mass is 16.6. The number of aliphatic hydroxyl groups is 1. The minimum atomic E-state index is -0.140. The number of ether oxygens (including phenoxy) is 2. The molecule has 1 aromatic carbocycles. The first kappa shape index (κ1) is 12.2. The van der Waals surface area contributed by atoms with E-state index in [0.29, 0.717) is 6.54 Å². The molecule has 2 fully saturated rings. The predicted octanol–water partition coefficient (Wildman–Crippen LogP) is 0.427. The zero-order valence-electron chi connectivity index (χ0n) is 11.0. The molecule has 1 saturated carbocycles. The third-order valence-corrected chi connectivity index (χ3v) is 4.51. The van der Waals surface area contributed by atoms with Crippen LogP contribution in [0.3, 0.4) is 0 Å². The number of benzene rings is 1. The van der Waals surface area contributed by atoms with Gasteiger partial charge < -0.3 is 19.9 Å². The van der Waals surface area contributed by atoms with E-state index in [1.807, 2.05) is 24.3 Å². The van der Waals surface area contributed by atoms with Crippen molar-refractivity contribution in [2.45, 2.75) is 30.7 Å². The summed E-state index contributed by atoms with van der Waals surface area (Å²) < 4.78 is 11.6. The zero-order valence-corrected chi connectivity index (χ0v) is 11.0. The van der Waals surface area contributed by atoms with Gasteiger partial charge in [-0.1, -0.05) is 18.2 Å². The maximum Gasteiger partial charge on any atom is 0.224 e. The van der Waals surface area contributed by atoms with Crippen LogP contribution in [0.4, 0.5) is 0 Å². The lowest BCUT2D eigenvalue weighted by molar-refractivity contribution is -0.127. The molecule has 0 radical (unpaired) electrons. The van der Waals surface area contributed by atoms with E-state index in [0.717, 1.165) is 17.7 Å². The Morgan fingerprint density at radius 3 is 3.05 bits per heavy atom. The molecule has 5 heteroatoms. The van der Waals surface area contributed by atoms with Gasteiger partial charge in [-0.15, -0.1) is 0 Å². The van der Waals surface area contributed by atoms with Crippen molar-refractivity contribution < 1.29 is 19.4 Å². The molecule has 106 valence electrons. The van der Waals surface area contributed by atoms with Crippen molar-refractivity contribution in [3.8, 4) is 5.75 Å². The molecule has 5 nitrogen and oxygen atoms in total. The van der Waals surface area contributed by atoms with E-state index in [-0.39, 0.29) is 42.7 Å².